The summed E-state index contributed by atoms with van der Waals surface area (Å²) in [6.07, 6.45) is 5.11. The van der Waals surface area contributed by atoms with Gasteiger partial charge in [-0.15, -0.1) is 0 Å². The third-order valence-electron chi connectivity index (χ3n) is 4.37. The summed E-state index contributed by atoms with van der Waals surface area (Å²) in [4.78, 5) is 25.2. The van der Waals surface area contributed by atoms with Gasteiger partial charge in [0.05, 0.1) is 12.0 Å². The Hall–Kier alpha value is -1.10. The molecule has 1 amide bonds. The quantitative estimate of drug-likeness (QED) is 0.760. The predicted molar refractivity (Wildman–Crippen MR) is 71.8 cm³/mol. The zero-order chi connectivity index (χ0) is 13.9. The first-order valence-corrected chi connectivity index (χ1v) is 7.32. The van der Waals surface area contributed by atoms with E-state index in [1.165, 1.54) is 12.8 Å². The van der Waals surface area contributed by atoms with Gasteiger partial charge in [-0.05, 0) is 32.1 Å². The van der Waals surface area contributed by atoms with Crippen molar-refractivity contribution in [2.24, 2.45) is 5.41 Å². The van der Waals surface area contributed by atoms with Crippen molar-refractivity contribution in [2.45, 2.75) is 51.5 Å². The van der Waals surface area contributed by atoms with E-state index in [2.05, 4.69) is 5.32 Å². The number of hydrogen-bond donors (Lipinski definition) is 2. The van der Waals surface area contributed by atoms with Crippen LogP contribution in [0.2, 0.25) is 0 Å². The lowest BCUT2D eigenvalue weighted by atomic mass is 9.75. The van der Waals surface area contributed by atoms with Crippen molar-refractivity contribution in [1.29, 1.82) is 0 Å². The molecule has 1 aliphatic carbocycles. The minimum atomic E-state index is -0.697. The van der Waals surface area contributed by atoms with Crippen LogP contribution in [-0.4, -0.2) is 47.6 Å². The van der Waals surface area contributed by atoms with Crippen LogP contribution in [0, 0.1) is 5.41 Å². The van der Waals surface area contributed by atoms with E-state index in [4.69, 9.17) is 0 Å². The van der Waals surface area contributed by atoms with E-state index in [1.807, 2.05) is 11.8 Å². The average Bonchev–Trinajstić information content (AvgIpc) is 3.21. The van der Waals surface area contributed by atoms with Gasteiger partial charge in [0.15, 0.2) is 0 Å². The number of carboxylic acids is 1. The maximum atomic E-state index is 12.0. The lowest BCUT2D eigenvalue weighted by Gasteiger charge is -2.39. The number of piperidine rings is 1. The lowest BCUT2D eigenvalue weighted by molar-refractivity contribution is -0.154. The van der Waals surface area contributed by atoms with Crippen molar-refractivity contribution in [2.75, 3.05) is 19.6 Å². The van der Waals surface area contributed by atoms with Crippen LogP contribution in [0.1, 0.15) is 45.4 Å². The van der Waals surface area contributed by atoms with Crippen molar-refractivity contribution >= 4 is 11.9 Å². The summed E-state index contributed by atoms with van der Waals surface area (Å²) >= 11 is 0. The molecule has 5 heteroatoms. The summed E-state index contributed by atoms with van der Waals surface area (Å²) in [6, 6.07) is 0.534. The highest BCUT2D eigenvalue weighted by molar-refractivity contribution is 5.79. The van der Waals surface area contributed by atoms with E-state index in [9.17, 15) is 14.7 Å². The van der Waals surface area contributed by atoms with Gasteiger partial charge in [-0.2, -0.15) is 0 Å². The fourth-order valence-electron chi connectivity index (χ4n) is 2.86. The molecule has 0 spiro atoms. The summed E-state index contributed by atoms with van der Waals surface area (Å²) in [5, 5.41) is 12.6. The largest absolute Gasteiger partial charge is 0.481 e. The Morgan fingerprint density at radius 1 is 1.32 bits per heavy atom. The van der Waals surface area contributed by atoms with Crippen LogP contribution in [-0.2, 0) is 9.59 Å². The fraction of sp³-hybridized carbons (Fsp3) is 0.857. The van der Waals surface area contributed by atoms with Crippen LogP contribution in [0.5, 0.6) is 0 Å². The third-order valence-corrected chi connectivity index (χ3v) is 4.37. The molecule has 0 unspecified atom stereocenters. The normalized spacial score (nSPS) is 22.3. The second-order valence-electron chi connectivity index (χ2n) is 5.87. The first-order valence-electron chi connectivity index (χ1n) is 7.32. The zero-order valence-electron chi connectivity index (χ0n) is 11.7. The number of carboxylic acid groups (broad SMARTS) is 1. The summed E-state index contributed by atoms with van der Waals surface area (Å²) < 4.78 is 0. The van der Waals surface area contributed by atoms with Gasteiger partial charge in [-0.1, -0.05) is 13.3 Å². The minimum Gasteiger partial charge on any atom is -0.481 e. The molecule has 1 saturated carbocycles. The van der Waals surface area contributed by atoms with Gasteiger partial charge < -0.3 is 15.3 Å². The molecule has 0 aromatic carbocycles. The SMILES string of the molecule is CCCC1(C(=O)O)CCN(C(=O)CNC2CC2)CC1. The molecule has 5 nitrogen and oxygen atoms in total. The van der Waals surface area contributed by atoms with Crippen molar-refractivity contribution in [3.05, 3.63) is 0 Å². The van der Waals surface area contributed by atoms with Crippen LogP contribution in [0.15, 0.2) is 0 Å². The van der Waals surface area contributed by atoms with Gasteiger partial charge in [0.2, 0.25) is 5.91 Å². The second kappa shape index (κ2) is 5.90. The number of hydrogen-bond acceptors (Lipinski definition) is 3. The number of carbonyl (C=O) groups excluding carboxylic acids is 1. The van der Waals surface area contributed by atoms with Crippen LogP contribution < -0.4 is 5.32 Å². The van der Waals surface area contributed by atoms with Gasteiger partial charge in [0, 0.05) is 19.1 Å². The lowest BCUT2D eigenvalue weighted by Crippen LogP contribution is -2.48. The molecule has 0 aromatic heterocycles. The van der Waals surface area contributed by atoms with Gasteiger partial charge in [-0.25, -0.2) is 0 Å². The van der Waals surface area contributed by atoms with Crippen LogP contribution in [0.25, 0.3) is 0 Å². The number of carbonyl (C=O) groups is 2. The molecule has 2 fully saturated rings. The number of rotatable bonds is 6. The highest BCUT2D eigenvalue weighted by atomic mass is 16.4. The minimum absolute atomic E-state index is 0.113. The monoisotopic (exact) mass is 268 g/mol. The third kappa shape index (κ3) is 3.47. The summed E-state index contributed by atoms with van der Waals surface area (Å²) in [6.45, 7) is 3.58. The molecule has 1 heterocycles. The maximum absolute atomic E-state index is 12.0. The van der Waals surface area contributed by atoms with Gasteiger partial charge in [0.1, 0.15) is 0 Å². The number of nitrogens with one attached hydrogen (secondary N) is 1. The fourth-order valence-corrected chi connectivity index (χ4v) is 2.86. The molecule has 2 rings (SSSR count). The molecule has 1 saturated heterocycles. The van der Waals surface area contributed by atoms with E-state index in [-0.39, 0.29) is 5.91 Å². The van der Waals surface area contributed by atoms with Crippen molar-refractivity contribution < 1.29 is 14.7 Å². The molecule has 1 aliphatic heterocycles. The van der Waals surface area contributed by atoms with E-state index in [0.29, 0.717) is 44.9 Å². The molecule has 2 N–H and O–H groups in total. The highest BCUT2D eigenvalue weighted by Crippen LogP contribution is 2.36. The topological polar surface area (TPSA) is 69.6 Å². The first-order chi connectivity index (χ1) is 9.07. The molecule has 0 aromatic rings. The number of amides is 1. The van der Waals surface area contributed by atoms with E-state index >= 15 is 0 Å². The molecule has 0 bridgehead atoms. The van der Waals surface area contributed by atoms with E-state index in [0.717, 1.165) is 6.42 Å². The Kier molecular flexibility index (Phi) is 4.45. The van der Waals surface area contributed by atoms with Gasteiger partial charge in [-0.3, -0.25) is 9.59 Å². The maximum Gasteiger partial charge on any atom is 0.309 e. The number of likely N-dealkylation sites (tertiary alicyclic amines) is 1. The summed E-state index contributed by atoms with van der Waals surface area (Å²) in [5.74, 6) is -0.583. The van der Waals surface area contributed by atoms with Gasteiger partial charge >= 0.3 is 5.97 Å². The summed E-state index contributed by atoms with van der Waals surface area (Å²) in [5.41, 5.74) is -0.602. The Bertz CT molecular complexity index is 345. The molecule has 2 aliphatic rings. The number of aliphatic carboxylic acids is 1. The zero-order valence-corrected chi connectivity index (χ0v) is 11.7. The Labute approximate surface area is 114 Å². The van der Waals surface area contributed by atoms with E-state index < -0.39 is 11.4 Å². The smallest absolute Gasteiger partial charge is 0.309 e. The van der Waals surface area contributed by atoms with Crippen molar-refractivity contribution in [1.82, 2.24) is 10.2 Å². The predicted octanol–water partition coefficient (Wildman–Crippen LogP) is 1.23. The molecule has 0 atom stereocenters. The first kappa shape index (κ1) is 14.3. The molecular formula is C14H24N2O3. The highest BCUT2D eigenvalue weighted by Gasteiger charge is 2.41. The summed E-state index contributed by atoms with van der Waals surface area (Å²) in [7, 11) is 0. The van der Waals surface area contributed by atoms with Crippen molar-refractivity contribution in [3.8, 4) is 0 Å². The Morgan fingerprint density at radius 2 is 1.95 bits per heavy atom. The standard InChI is InChI=1S/C14H24N2O3/c1-2-5-14(13(18)19)6-8-16(9-7-14)12(17)10-15-11-3-4-11/h11,15H,2-10H2,1H3,(H,18,19). The number of nitrogens with zero attached hydrogens (tertiary/aromatic N) is 1. The van der Waals surface area contributed by atoms with Gasteiger partial charge in [0.25, 0.3) is 0 Å². The van der Waals surface area contributed by atoms with Crippen molar-refractivity contribution in [3.63, 3.8) is 0 Å². The Balaban J connectivity index is 1.82. The second-order valence-corrected chi connectivity index (χ2v) is 5.87. The Morgan fingerprint density at radius 3 is 2.42 bits per heavy atom. The average molecular weight is 268 g/mol. The molecule has 19 heavy (non-hydrogen) atoms. The molecule has 108 valence electrons. The molecule has 0 radical (unpaired) electrons. The van der Waals surface area contributed by atoms with Crippen LogP contribution in [0.3, 0.4) is 0 Å². The van der Waals surface area contributed by atoms with E-state index in [1.54, 1.807) is 0 Å². The molecular weight excluding hydrogens is 244 g/mol. The van der Waals surface area contributed by atoms with Crippen LogP contribution in [0.4, 0.5) is 0 Å². The van der Waals surface area contributed by atoms with Crippen LogP contribution >= 0.6 is 0 Å².